The predicted octanol–water partition coefficient (Wildman–Crippen LogP) is -1.40. The van der Waals surface area contributed by atoms with Gasteiger partial charge in [0.1, 0.15) is 0 Å². The number of hydrogen-bond acceptors (Lipinski definition) is 5. The number of amides is 2. The molecule has 2 amide bonds. The molecule has 1 aliphatic heterocycles. The Hall–Kier alpha value is -1.63. The Bertz CT molecular complexity index is 366. The Labute approximate surface area is 105 Å². The normalized spacial score (nSPS) is 19.8. The van der Waals surface area contributed by atoms with Crippen molar-refractivity contribution >= 4 is 17.8 Å². The molecule has 7 heteroatoms. The van der Waals surface area contributed by atoms with E-state index in [0.29, 0.717) is 6.54 Å². The van der Waals surface area contributed by atoms with Crippen LogP contribution in [0.25, 0.3) is 0 Å². The van der Waals surface area contributed by atoms with Crippen LogP contribution in [0.15, 0.2) is 0 Å². The largest absolute Gasteiger partial charge is 0.467 e. The van der Waals surface area contributed by atoms with Gasteiger partial charge < -0.3 is 19.6 Å². The van der Waals surface area contributed by atoms with Gasteiger partial charge in [-0.05, 0) is 13.8 Å². The maximum atomic E-state index is 11.8. The summed E-state index contributed by atoms with van der Waals surface area (Å²) >= 11 is 0. The van der Waals surface area contributed by atoms with Crippen molar-refractivity contribution in [2.75, 3.05) is 33.3 Å². The van der Waals surface area contributed by atoms with E-state index in [1.165, 1.54) is 16.7 Å². The Balaban J connectivity index is 2.71. The Morgan fingerprint density at radius 3 is 2.33 bits per heavy atom. The van der Waals surface area contributed by atoms with E-state index >= 15 is 0 Å². The van der Waals surface area contributed by atoms with Crippen LogP contribution in [0, 0.1) is 0 Å². The summed E-state index contributed by atoms with van der Waals surface area (Å²) in [6.45, 7) is 3.11. The summed E-state index contributed by atoms with van der Waals surface area (Å²) in [5.74, 6) is -1.32. The highest BCUT2D eigenvalue weighted by molar-refractivity contribution is 5.93. The van der Waals surface area contributed by atoms with Gasteiger partial charge in [-0.2, -0.15) is 0 Å². The topological polar surface area (TPSA) is 87.2 Å². The molecule has 0 aliphatic carbocycles. The van der Waals surface area contributed by atoms with Gasteiger partial charge in [0.2, 0.25) is 11.8 Å². The minimum Gasteiger partial charge on any atom is -0.467 e. The first-order chi connectivity index (χ1) is 8.31. The van der Waals surface area contributed by atoms with Gasteiger partial charge in [-0.25, -0.2) is 4.79 Å². The van der Waals surface area contributed by atoms with E-state index in [1.54, 1.807) is 6.92 Å². The summed E-state index contributed by atoms with van der Waals surface area (Å²) in [7, 11) is 1.15. The molecule has 1 atom stereocenters. The number of esters is 1. The number of nitrogens with zero attached hydrogens (tertiary/aromatic N) is 2. The van der Waals surface area contributed by atoms with Crippen LogP contribution in [0.4, 0.5) is 0 Å². The third-order valence-corrected chi connectivity index (χ3v) is 2.86. The number of carbonyl (C=O) groups is 3. The van der Waals surface area contributed by atoms with Crippen LogP contribution < -0.4 is 0 Å². The standard InChI is InChI=1S/C11H18N2O5/c1-4-12-5-9(15)13(6-8(12)14)7-11(2,17)10(16)18-3/h17H,4-7H2,1-3H3. The van der Waals surface area contributed by atoms with E-state index < -0.39 is 11.6 Å². The summed E-state index contributed by atoms with van der Waals surface area (Å²) in [6.07, 6.45) is 0. The number of rotatable bonds is 4. The van der Waals surface area contributed by atoms with E-state index in [4.69, 9.17) is 0 Å². The maximum absolute atomic E-state index is 11.8. The van der Waals surface area contributed by atoms with Crippen molar-refractivity contribution in [1.29, 1.82) is 0 Å². The molecule has 18 heavy (non-hydrogen) atoms. The van der Waals surface area contributed by atoms with Crippen LogP contribution >= 0.6 is 0 Å². The fraction of sp³-hybridized carbons (Fsp3) is 0.727. The molecule has 1 heterocycles. The van der Waals surface area contributed by atoms with Gasteiger partial charge in [-0.3, -0.25) is 9.59 Å². The first-order valence-corrected chi connectivity index (χ1v) is 5.68. The van der Waals surface area contributed by atoms with Crippen molar-refractivity contribution in [2.45, 2.75) is 19.4 Å². The summed E-state index contributed by atoms with van der Waals surface area (Å²) in [5.41, 5.74) is -1.81. The Kier molecular flexibility index (Phi) is 4.28. The van der Waals surface area contributed by atoms with Crippen LogP contribution in [-0.2, 0) is 19.1 Å². The smallest absolute Gasteiger partial charge is 0.339 e. The number of hydrogen-bond donors (Lipinski definition) is 1. The van der Waals surface area contributed by atoms with Crippen molar-refractivity contribution in [3.63, 3.8) is 0 Å². The van der Waals surface area contributed by atoms with Crippen LogP contribution in [-0.4, -0.2) is 71.6 Å². The lowest BCUT2D eigenvalue weighted by atomic mass is 10.1. The second-order valence-electron chi connectivity index (χ2n) is 4.42. The van der Waals surface area contributed by atoms with Gasteiger partial charge in [-0.15, -0.1) is 0 Å². The van der Waals surface area contributed by atoms with Crippen LogP contribution in [0.2, 0.25) is 0 Å². The van der Waals surface area contributed by atoms with Crippen molar-refractivity contribution in [3.05, 3.63) is 0 Å². The molecule has 0 bridgehead atoms. The predicted molar refractivity (Wildman–Crippen MR) is 61.5 cm³/mol. The van der Waals surface area contributed by atoms with Gasteiger partial charge in [-0.1, -0.05) is 0 Å². The van der Waals surface area contributed by atoms with E-state index in [2.05, 4.69) is 4.74 Å². The SMILES string of the molecule is CCN1CC(=O)N(CC(C)(O)C(=O)OC)CC1=O. The second kappa shape index (κ2) is 5.34. The highest BCUT2D eigenvalue weighted by Crippen LogP contribution is 2.12. The molecule has 0 radical (unpaired) electrons. The number of methoxy groups -OCH3 is 1. The summed E-state index contributed by atoms with van der Waals surface area (Å²) in [6, 6.07) is 0. The second-order valence-corrected chi connectivity index (χ2v) is 4.42. The number of β-amino-alcohol motifs (C(OH)–C–C–N with tert-alkyl or cyclic N) is 1. The van der Waals surface area contributed by atoms with Gasteiger partial charge in [0.05, 0.1) is 26.7 Å². The van der Waals surface area contributed by atoms with Gasteiger partial charge in [0, 0.05) is 6.54 Å². The number of ether oxygens (including phenoxy) is 1. The summed E-state index contributed by atoms with van der Waals surface area (Å²) in [4.78, 5) is 37.3. The molecular formula is C11H18N2O5. The molecule has 1 aliphatic rings. The molecule has 0 aromatic heterocycles. The fourth-order valence-corrected chi connectivity index (χ4v) is 1.79. The Morgan fingerprint density at radius 1 is 1.33 bits per heavy atom. The molecule has 1 unspecified atom stereocenters. The van der Waals surface area contributed by atoms with Crippen molar-refractivity contribution < 1.29 is 24.2 Å². The molecule has 0 spiro atoms. The number of aliphatic hydroxyl groups is 1. The summed E-state index contributed by atoms with van der Waals surface area (Å²) in [5, 5.41) is 9.87. The van der Waals surface area contributed by atoms with Gasteiger partial charge >= 0.3 is 5.97 Å². The lowest BCUT2D eigenvalue weighted by molar-refractivity contribution is -0.166. The maximum Gasteiger partial charge on any atom is 0.339 e. The van der Waals surface area contributed by atoms with Crippen molar-refractivity contribution in [3.8, 4) is 0 Å². The molecule has 1 N–H and O–H groups in total. The minimum absolute atomic E-state index is 0.0212. The number of piperazine rings is 1. The molecule has 1 saturated heterocycles. The number of likely N-dealkylation sites (N-methyl/N-ethyl adjacent to an activating group) is 1. The molecular weight excluding hydrogens is 240 g/mol. The quantitative estimate of drug-likeness (QED) is 0.627. The zero-order valence-electron chi connectivity index (χ0n) is 10.8. The van der Waals surface area contributed by atoms with E-state index in [-0.39, 0.29) is 31.4 Å². The average Bonchev–Trinajstić information content (AvgIpc) is 2.31. The summed E-state index contributed by atoms with van der Waals surface area (Å²) < 4.78 is 4.44. The van der Waals surface area contributed by atoms with Crippen LogP contribution in [0.5, 0.6) is 0 Å². The number of carbonyl (C=O) groups excluding carboxylic acids is 3. The average molecular weight is 258 g/mol. The third-order valence-electron chi connectivity index (χ3n) is 2.86. The zero-order valence-corrected chi connectivity index (χ0v) is 10.8. The van der Waals surface area contributed by atoms with Crippen molar-refractivity contribution in [2.24, 2.45) is 0 Å². The monoisotopic (exact) mass is 258 g/mol. The van der Waals surface area contributed by atoms with E-state index in [1.807, 2.05) is 0 Å². The van der Waals surface area contributed by atoms with E-state index in [9.17, 15) is 19.5 Å². The molecule has 0 aromatic rings. The molecule has 0 aromatic carbocycles. The van der Waals surface area contributed by atoms with Gasteiger partial charge in [0.15, 0.2) is 5.60 Å². The van der Waals surface area contributed by atoms with Gasteiger partial charge in [0.25, 0.3) is 0 Å². The van der Waals surface area contributed by atoms with Crippen molar-refractivity contribution in [1.82, 2.24) is 9.80 Å². The fourth-order valence-electron chi connectivity index (χ4n) is 1.79. The lowest BCUT2D eigenvalue weighted by Gasteiger charge is -2.36. The third kappa shape index (κ3) is 2.98. The molecule has 102 valence electrons. The highest BCUT2D eigenvalue weighted by atomic mass is 16.5. The zero-order chi connectivity index (χ0) is 13.9. The molecule has 1 rings (SSSR count). The minimum atomic E-state index is -1.81. The first-order valence-electron chi connectivity index (χ1n) is 5.68. The first kappa shape index (κ1) is 14.4. The lowest BCUT2D eigenvalue weighted by Crippen LogP contribution is -2.58. The highest BCUT2D eigenvalue weighted by Gasteiger charge is 2.38. The molecule has 7 nitrogen and oxygen atoms in total. The molecule has 0 saturated carbocycles. The molecule has 1 fully saturated rings. The van der Waals surface area contributed by atoms with E-state index in [0.717, 1.165) is 7.11 Å². The Morgan fingerprint density at radius 2 is 1.83 bits per heavy atom. The van der Waals surface area contributed by atoms with Crippen LogP contribution in [0.1, 0.15) is 13.8 Å². The van der Waals surface area contributed by atoms with Crippen LogP contribution in [0.3, 0.4) is 0 Å².